The molecule has 22 heavy (non-hydrogen) atoms. The second-order valence-electron chi connectivity index (χ2n) is 4.87. The molecule has 1 aromatic carbocycles. The maximum absolute atomic E-state index is 11.2. The van der Waals surface area contributed by atoms with E-state index in [2.05, 4.69) is 0 Å². The molecule has 0 saturated carbocycles. The Kier molecular flexibility index (Phi) is 4.99. The number of fused-ring (bicyclic) bond motifs is 1. The van der Waals surface area contributed by atoms with E-state index in [9.17, 15) is 9.59 Å². The minimum Gasteiger partial charge on any atom is -0.482 e. The third-order valence-electron chi connectivity index (χ3n) is 2.94. The van der Waals surface area contributed by atoms with Crippen LogP contribution in [0.4, 0.5) is 0 Å². The Morgan fingerprint density at radius 3 is 2.55 bits per heavy atom. The zero-order valence-electron chi connectivity index (χ0n) is 12.8. The highest BCUT2D eigenvalue weighted by Crippen LogP contribution is 2.41. The molecule has 1 heterocycles. The van der Waals surface area contributed by atoms with Crippen molar-refractivity contribution in [1.29, 1.82) is 0 Å². The van der Waals surface area contributed by atoms with Crippen molar-refractivity contribution in [3.8, 4) is 17.2 Å². The second-order valence-corrected chi connectivity index (χ2v) is 4.87. The van der Waals surface area contributed by atoms with Crippen molar-refractivity contribution in [1.82, 2.24) is 0 Å². The quantitative estimate of drug-likeness (QED) is 0.486. The second kappa shape index (κ2) is 6.93. The van der Waals surface area contributed by atoms with E-state index >= 15 is 0 Å². The van der Waals surface area contributed by atoms with Gasteiger partial charge in [0, 0.05) is 31.9 Å². The molecule has 5 heteroatoms. The molecule has 2 rings (SSSR count). The molecule has 1 aliphatic heterocycles. The van der Waals surface area contributed by atoms with Crippen LogP contribution in [0.25, 0.3) is 0 Å². The van der Waals surface area contributed by atoms with Gasteiger partial charge in [-0.05, 0) is 19.1 Å². The van der Waals surface area contributed by atoms with E-state index in [4.69, 9.17) is 14.2 Å². The Bertz CT molecular complexity index is 643. The van der Waals surface area contributed by atoms with E-state index in [0.717, 1.165) is 5.56 Å². The van der Waals surface area contributed by atoms with Gasteiger partial charge in [0.25, 0.3) is 0 Å². The van der Waals surface area contributed by atoms with Crippen LogP contribution in [-0.2, 0) is 16.0 Å². The number of allylic oxidation sites excluding steroid dienone is 3. The Morgan fingerprint density at radius 2 is 1.91 bits per heavy atom. The van der Waals surface area contributed by atoms with Gasteiger partial charge in [-0.3, -0.25) is 9.59 Å². The van der Waals surface area contributed by atoms with E-state index in [1.807, 2.05) is 31.2 Å². The van der Waals surface area contributed by atoms with Crippen molar-refractivity contribution >= 4 is 11.9 Å². The molecule has 5 nitrogen and oxygen atoms in total. The van der Waals surface area contributed by atoms with Crippen molar-refractivity contribution in [2.24, 2.45) is 0 Å². The Labute approximate surface area is 129 Å². The van der Waals surface area contributed by atoms with Gasteiger partial charge in [0.1, 0.15) is 11.9 Å². The molecule has 0 radical (unpaired) electrons. The van der Waals surface area contributed by atoms with Gasteiger partial charge in [0.2, 0.25) is 0 Å². The summed E-state index contributed by atoms with van der Waals surface area (Å²) in [6.07, 6.45) is 8.11. The number of esters is 2. The predicted octanol–water partition coefficient (Wildman–Crippen LogP) is 2.97. The summed E-state index contributed by atoms with van der Waals surface area (Å²) >= 11 is 0. The lowest BCUT2D eigenvalue weighted by atomic mass is 10.1. The topological polar surface area (TPSA) is 61.8 Å². The van der Waals surface area contributed by atoms with E-state index in [-0.39, 0.29) is 11.9 Å². The molecular formula is C17H18O5. The van der Waals surface area contributed by atoms with Crippen LogP contribution in [0.3, 0.4) is 0 Å². The normalized spacial score (nSPS) is 16.6. The lowest BCUT2D eigenvalue weighted by Gasteiger charge is -2.10. The van der Waals surface area contributed by atoms with Gasteiger partial charge in [-0.2, -0.15) is 0 Å². The smallest absolute Gasteiger partial charge is 0.308 e. The van der Waals surface area contributed by atoms with Crippen LogP contribution >= 0.6 is 0 Å². The SMILES string of the molecule is CC=CC=CC1Cc2cc(OC(C)=O)cc(OC(C)=O)c2O1. The van der Waals surface area contributed by atoms with Crippen molar-refractivity contribution in [2.45, 2.75) is 33.3 Å². The fourth-order valence-corrected chi connectivity index (χ4v) is 2.19. The van der Waals surface area contributed by atoms with Crippen LogP contribution < -0.4 is 14.2 Å². The molecule has 1 aliphatic rings. The molecule has 0 spiro atoms. The first-order valence-corrected chi connectivity index (χ1v) is 6.99. The van der Waals surface area contributed by atoms with Crippen molar-refractivity contribution in [3.63, 3.8) is 0 Å². The number of hydrogen-bond acceptors (Lipinski definition) is 5. The fraction of sp³-hybridized carbons (Fsp3) is 0.294. The third kappa shape index (κ3) is 3.97. The van der Waals surface area contributed by atoms with Gasteiger partial charge >= 0.3 is 11.9 Å². The summed E-state index contributed by atoms with van der Waals surface area (Å²) in [4.78, 5) is 22.3. The standard InChI is InChI=1S/C17H18O5/c1-4-5-6-7-14-8-13-9-15(20-11(2)18)10-16(17(13)22-14)21-12(3)19/h4-7,9-10,14H,8H2,1-3H3. The predicted molar refractivity (Wildman–Crippen MR) is 81.1 cm³/mol. The molecule has 1 aromatic rings. The van der Waals surface area contributed by atoms with Gasteiger partial charge in [-0.25, -0.2) is 0 Å². The Morgan fingerprint density at radius 1 is 1.18 bits per heavy atom. The molecule has 0 bridgehead atoms. The zero-order valence-corrected chi connectivity index (χ0v) is 12.8. The van der Waals surface area contributed by atoms with Crippen molar-refractivity contribution < 1.29 is 23.8 Å². The molecular weight excluding hydrogens is 284 g/mol. The van der Waals surface area contributed by atoms with Gasteiger partial charge in [0.15, 0.2) is 11.5 Å². The van der Waals surface area contributed by atoms with E-state index in [1.165, 1.54) is 19.9 Å². The number of rotatable bonds is 4. The lowest BCUT2D eigenvalue weighted by molar-refractivity contribution is -0.132. The summed E-state index contributed by atoms with van der Waals surface area (Å²) in [5.74, 6) is 0.226. The van der Waals surface area contributed by atoms with E-state index < -0.39 is 11.9 Å². The van der Waals surface area contributed by atoms with Crippen LogP contribution in [0.5, 0.6) is 17.2 Å². The molecule has 0 fully saturated rings. The monoisotopic (exact) mass is 302 g/mol. The molecule has 0 aromatic heterocycles. The van der Waals surface area contributed by atoms with Crippen molar-refractivity contribution in [2.75, 3.05) is 0 Å². The van der Waals surface area contributed by atoms with Crippen molar-refractivity contribution in [3.05, 3.63) is 42.0 Å². The van der Waals surface area contributed by atoms with Crippen LogP contribution in [0.1, 0.15) is 26.3 Å². The van der Waals surface area contributed by atoms with Crippen LogP contribution in [-0.4, -0.2) is 18.0 Å². The van der Waals surface area contributed by atoms with Crippen LogP contribution in [0.2, 0.25) is 0 Å². The number of benzene rings is 1. The minimum atomic E-state index is -0.460. The molecule has 0 amide bonds. The first-order chi connectivity index (χ1) is 10.5. The summed E-state index contributed by atoms with van der Waals surface area (Å²) < 4.78 is 16.0. The molecule has 0 saturated heterocycles. The lowest BCUT2D eigenvalue weighted by Crippen LogP contribution is -2.09. The third-order valence-corrected chi connectivity index (χ3v) is 2.94. The zero-order chi connectivity index (χ0) is 16.1. The average molecular weight is 302 g/mol. The first-order valence-electron chi connectivity index (χ1n) is 6.99. The summed E-state index contributed by atoms with van der Waals surface area (Å²) in [6.45, 7) is 4.56. The van der Waals surface area contributed by atoms with Gasteiger partial charge in [-0.15, -0.1) is 0 Å². The van der Waals surface area contributed by atoms with Gasteiger partial charge in [0.05, 0.1) is 0 Å². The summed E-state index contributed by atoms with van der Waals surface area (Å²) in [6, 6.07) is 3.22. The molecule has 1 atom stereocenters. The summed E-state index contributed by atoms with van der Waals surface area (Å²) in [5.41, 5.74) is 0.838. The molecule has 1 unspecified atom stereocenters. The number of hydrogen-bond donors (Lipinski definition) is 0. The Balaban J connectivity index is 2.30. The maximum Gasteiger partial charge on any atom is 0.308 e. The highest BCUT2D eigenvalue weighted by Gasteiger charge is 2.26. The van der Waals surface area contributed by atoms with Gasteiger partial charge in [-0.1, -0.05) is 18.2 Å². The van der Waals surface area contributed by atoms with E-state index in [0.29, 0.717) is 17.9 Å². The molecule has 0 N–H and O–H groups in total. The maximum atomic E-state index is 11.2. The van der Waals surface area contributed by atoms with E-state index in [1.54, 1.807) is 6.07 Å². The average Bonchev–Trinajstić information content (AvgIpc) is 2.80. The Hall–Kier alpha value is -2.56. The summed E-state index contributed by atoms with van der Waals surface area (Å²) in [5, 5.41) is 0. The largest absolute Gasteiger partial charge is 0.482 e. The number of carbonyl (C=O) groups is 2. The number of carbonyl (C=O) groups excluding carboxylic acids is 2. The van der Waals surface area contributed by atoms with Gasteiger partial charge < -0.3 is 14.2 Å². The van der Waals surface area contributed by atoms with Crippen LogP contribution in [0, 0.1) is 0 Å². The van der Waals surface area contributed by atoms with Crippen LogP contribution in [0.15, 0.2) is 36.4 Å². The summed E-state index contributed by atoms with van der Waals surface area (Å²) in [7, 11) is 0. The number of ether oxygens (including phenoxy) is 3. The minimum absolute atomic E-state index is 0.145. The first kappa shape index (κ1) is 15.8. The molecule has 0 aliphatic carbocycles. The fourth-order valence-electron chi connectivity index (χ4n) is 2.19. The highest BCUT2D eigenvalue weighted by molar-refractivity contribution is 5.73. The molecule has 116 valence electrons. The highest BCUT2D eigenvalue weighted by atomic mass is 16.6.